The van der Waals surface area contributed by atoms with Crippen LogP contribution in [0.4, 0.5) is 17.6 Å². The molecule has 3 heterocycles. The molecule has 0 spiro atoms. The number of hydrogen-bond donors (Lipinski definition) is 3. The molecule has 0 aliphatic rings. The van der Waals surface area contributed by atoms with Crippen LogP contribution in [0.3, 0.4) is 0 Å². The Balaban J connectivity index is 1.50. The minimum Gasteiger partial charge on any atom is -0.362 e. The lowest BCUT2D eigenvalue weighted by molar-refractivity contribution is 0.984. The molecule has 0 bridgehead atoms. The number of aromatic amines is 1. The van der Waals surface area contributed by atoms with E-state index in [0.717, 1.165) is 28.2 Å². The van der Waals surface area contributed by atoms with Gasteiger partial charge in [0.15, 0.2) is 0 Å². The fourth-order valence-corrected chi connectivity index (χ4v) is 2.42. The standard InChI is InChI=1S/C17H16N8/c1-11-8-20-17(24-14-6-7-18-10-21-14)25-16(11)19-9-15-22-12-4-2-3-5-13(12)23-15/h2-8,10H,9H2,1H3,(H,22,23)(H2,18,19,20,21,24,25). The summed E-state index contributed by atoms with van der Waals surface area (Å²) in [5.41, 5.74) is 2.92. The number of aryl methyl sites for hydroxylation is 1. The predicted octanol–water partition coefficient (Wildman–Crippen LogP) is 2.81. The van der Waals surface area contributed by atoms with E-state index in [1.165, 1.54) is 6.33 Å². The normalized spacial score (nSPS) is 10.8. The van der Waals surface area contributed by atoms with Crippen molar-refractivity contribution >= 4 is 28.6 Å². The van der Waals surface area contributed by atoms with Crippen molar-refractivity contribution in [2.75, 3.05) is 10.6 Å². The average Bonchev–Trinajstić information content (AvgIpc) is 3.06. The van der Waals surface area contributed by atoms with Gasteiger partial charge in [-0.2, -0.15) is 4.98 Å². The largest absolute Gasteiger partial charge is 0.362 e. The summed E-state index contributed by atoms with van der Waals surface area (Å²) in [6.45, 7) is 2.49. The van der Waals surface area contributed by atoms with E-state index in [-0.39, 0.29) is 0 Å². The molecule has 8 heteroatoms. The molecular weight excluding hydrogens is 316 g/mol. The first-order chi connectivity index (χ1) is 12.3. The molecule has 1 aromatic carbocycles. The Hall–Kier alpha value is -3.55. The van der Waals surface area contributed by atoms with Gasteiger partial charge in [-0.1, -0.05) is 12.1 Å². The Bertz CT molecular complexity index is 963. The highest BCUT2D eigenvalue weighted by atomic mass is 15.2. The van der Waals surface area contributed by atoms with Crippen molar-refractivity contribution in [3.63, 3.8) is 0 Å². The van der Waals surface area contributed by atoms with E-state index in [0.29, 0.717) is 18.3 Å². The summed E-state index contributed by atoms with van der Waals surface area (Å²) >= 11 is 0. The van der Waals surface area contributed by atoms with Crippen LogP contribution in [0.5, 0.6) is 0 Å². The van der Waals surface area contributed by atoms with E-state index < -0.39 is 0 Å². The summed E-state index contributed by atoms with van der Waals surface area (Å²) in [6.07, 6.45) is 4.89. The Morgan fingerprint density at radius 2 is 2.00 bits per heavy atom. The van der Waals surface area contributed by atoms with Crippen molar-refractivity contribution < 1.29 is 0 Å². The minimum absolute atomic E-state index is 0.469. The molecule has 4 rings (SSSR count). The van der Waals surface area contributed by atoms with Gasteiger partial charge in [-0.05, 0) is 25.1 Å². The number of H-pyrrole nitrogens is 1. The molecule has 25 heavy (non-hydrogen) atoms. The van der Waals surface area contributed by atoms with Crippen molar-refractivity contribution in [2.45, 2.75) is 13.5 Å². The highest BCUT2D eigenvalue weighted by Gasteiger charge is 2.07. The number of fused-ring (bicyclic) bond motifs is 1. The van der Waals surface area contributed by atoms with Gasteiger partial charge >= 0.3 is 0 Å². The zero-order chi connectivity index (χ0) is 17.1. The lowest BCUT2D eigenvalue weighted by Crippen LogP contribution is -2.07. The Kier molecular flexibility index (Phi) is 3.91. The Morgan fingerprint density at radius 1 is 1.08 bits per heavy atom. The number of hydrogen-bond acceptors (Lipinski definition) is 7. The van der Waals surface area contributed by atoms with Gasteiger partial charge < -0.3 is 15.6 Å². The molecule has 124 valence electrons. The van der Waals surface area contributed by atoms with Crippen LogP contribution in [0.15, 0.2) is 49.1 Å². The van der Waals surface area contributed by atoms with Gasteiger partial charge in [0.25, 0.3) is 0 Å². The number of nitrogens with one attached hydrogen (secondary N) is 3. The van der Waals surface area contributed by atoms with Crippen LogP contribution in [-0.2, 0) is 6.54 Å². The van der Waals surface area contributed by atoms with Crippen LogP contribution in [0.25, 0.3) is 11.0 Å². The van der Waals surface area contributed by atoms with E-state index in [9.17, 15) is 0 Å². The lowest BCUT2D eigenvalue weighted by Gasteiger charge is -2.09. The molecule has 0 saturated carbocycles. The molecule has 4 aromatic rings. The summed E-state index contributed by atoms with van der Waals surface area (Å²) in [4.78, 5) is 24.6. The second-order valence-electron chi connectivity index (χ2n) is 5.50. The van der Waals surface area contributed by atoms with E-state index in [4.69, 9.17) is 0 Å². The van der Waals surface area contributed by atoms with E-state index in [1.54, 1.807) is 18.5 Å². The fraction of sp³-hybridized carbons (Fsp3) is 0.118. The van der Waals surface area contributed by atoms with Crippen molar-refractivity contribution in [1.82, 2.24) is 29.9 Å². The van der Waals surface area contributed by atoms with E-state index in [1.807, 2.05) is 31.2 Å². The average molecular weight is 332 g/mol. The number of nitrogens with zero attached hydrogens (tertiary/aromatic N) is 5. The van der Waals surface area contributed by atoms with Gasteiger partial charge in [0.1, 0.15) is 23.8 Å². The Labute approximate surface area is 143 Å². The summed E-state index contributed by atoms with van der Waals surface area (Å²) in [6, 6.07) is 9.70. The zero-order valence-electron chi connectivity index (χ0n) is 13.6. The summed E-state index contributed by atoms with van der Waals surface area (Å²) < 4.78 is 0. The van der Waals surface area contributed by atoms with Gasteiger partial charge in [-0.25, -0.2) is 19.9 Å². The van der Waals surface area contributed by atoms with Crippen LogP contribution >= 0.6 is 0 Å². The van der Waals surface area contributed by atoms with Gasteiger partial charge in [-0.3, -0.25) is 0 Å². The number of benzene rings is 1. The second-order valence-corrected chi connectivity index (χ2v) is 5.50. The van der Waals surface area contributed by atoms with E-state index in [2.05, 4.69) is 40.5 Å². The first-order valence-electron chi connectivity index (χ1n) is 7.82. The summed E-state index contributed by atoms with van der Waals surface area (Å²) in [5, 5.41) is 6.35. The minimum atomic E-state index is 0.469. The molecule has 8 nitrogen and oxygen atoms in total. The predicted molar refractivity (Wildman–Crippen MR) is 95.5 cm³/mol. The SMILES string of the molecule is Cc1cnc(Nc2ccncn2)nc1NCc1nc2ccccc2[nH]1. The maximum absolute atomic E-state index is 4.55. The first kappa shape index (κ1) is 15.0. The number of aromatic nitrogens is 6. The number of rotatable bonds is 5. The monoisotopic (exact) mass is 332 g/mol. The van der Waals surface area contributed by atoms with Crippen molar-refractivity contribution in [1.29, 1.82) is 0 Å². The van der Waals surface area contributed by atoms with Gasteiger partial charge in [-0.15, -0.1) is 0 Å². The smallest absolute Gasteiger partial charge is 0.230 e. The summed E-state index contributed by atoms with van der Waals surface area (Å²) in [7, 11) is 0. The quantitative estimate of drug-likeness (QED) is 0.516. The third-order valence-electron chi connectivity index (χ3n) is 3.66. The van der Waals surface area contributed by atoms with Crippen LogP contribution in [0.1, 0.15) is 11.4 Å². The van der Waals surface area contributed by atoms with Crippen molar-refractivity contribution in [3.8, 4) is 0 Å². The van der Waals surface area contributed by atoms with Gasteiger partial charge in [0.2, 0.25) is 5.95 Å². The number of anilines is 3. The van der Waals surface area contributed by atoms with Crippen LogP contribution in [0, 0.1) is 6.92 Å². The molecule has 0 radical (unpaired) electrons. The van der Waals surface area contributed by atoms with Gasteiger partial charge in [0.05, 0.1) is 17.6 Å². The molecule has 0 saturated heterocycles. The lowest BCUT2D eigenvalue weighted by atomic mass is 10.3. The summed E-state index contributed by atoms with van der Waals surface area (Å²) in [5.74, 6) is 2.70. The molecular formula is C17H16N8. The van der Waals surface area contributed by atoms with Crippen LogP contribution in [0.2, 0.25) is 0 Å². The maximum atomic E-state index is 4.55. The second kappa shape index (κ2) is 6.52. The molecule has 0 amide bonds. The highest BCUT2D eigenvalue weighted by molar-refractivity contribution is 5.74. The third-order valence-corrected chi connectivity index (χ3v) is 3.66. The first-order valence-corrected chi connectivity index (χ1v) is 7.82. The van der Waals surface area contributed by atoms with Crippen molar-refractivity contribution in [3.05, 3.63) is 60.4 Å². The maximum Gasteiger partial charge on any atom is 0.230 e. The topological polar surface area (TPSA) is 104 Å². The Morgan fingerprint density at radius 3 is 2.84 bits per heavy atom. The molecule has 0 aliphatic heterocycles. The number of imidazole rings is 1. The molecule has 0 atom stereocenters. The zero-order valence-corrected chi connectivity index (χ0v) is 13.6. The third kappa shape index (κ3) is 3.37. The fourth-order valence-electron chi connectivity index (χ4n) is 2.42. The molecule has 3 N–H and O–H groups in total. The molecule has 0 fully saturated rings. The molecule has 3 aromatic heterocycles. The van der Waals surface area contributed by atoms with Crippen molar-refractivity contribution in [2.24, 2.45) is 0 Å². The highest BCUT2D eigenvalue weighted by Crippen LogP contribution is 2.16. The van der Waals surface area contributed by atoms with Crippen LogP contribution in [-0.4, -0.2) is 29.9 Å². The molecule has 0 aliphatic carbocycles. The van der Waals surface area contributed by atoms with E-state index >= 15 is 0 Å². The molecule has 0 unspecified atom stereocenters. The van der Waals surface area contributed by atoms with Gasteiger partial charge in [0, 0.05) is 18.0 Å². The number of para-hydroxylation sites is 2. The van der Waals surface area contributed by atoms with Crippen LogP contribution < -0.4 is 10.6 Å².